The number of nitrogens with one attached hydrogen (secondary N) is 2. The van der Waals surface area contributed by atoms with Gasteiger partial charge in [-0.05, 0) is 54.4 Å². The molecule has 2 N–H and O–H groups in total. The number of hydrogen-bond acceptors (Lipinski definition) is 2. The van der Waals surface area contributed by atoms with Crippen molar-refractivity contribution in [2.75, 3.05) is 0 Å². The lowest BCUT2D eigenvalue weighted by Gasteiger charge is -2.38. The predicted octanol–water partition coefficient (Wildman–Crippen LogP) is 4.88. The summed E-state index contributed by atoms with van der Waals surface area (Å²) in [4.78, 5) is 0. The maximum Gasteiger partial charge on any atom is 0.0226 e. The minimum absolute atomic E-state index is 0.183. The van der Waals surface area contributed by atoms with Gasteiger partial charge in [-0.1, -0.05) is 39.5 Å². The van der Waals surface area contributed by atoms with Crippen molar-refractivity contribution in [1.29, 1.82) is 0 Å². The van der Waals surface area contributed by atoms with Crippen molar-refractivity contribution < 1.29 is 0 Å². The topological polar surface area (TPSA) is 24.1 Å². The van der Waals surface area contributed by atoms with Crippen LogP contribution in [0.4, 0.5) is 0 Å². The van der Waals surface area contributed by atoms with Crippen molar-refractivity contribution in [3.63, 3.8) is 0 Å². The zero-order valence-corrected chi connectivity index (χ0v) is 15.4. The molecule has 0 aromatic carbocycles. The highest BCUT2D eigenvalue weighted by molar-refractivity contribution is 4.90. The van der Waals surface area contributed by atoms with Crippen LogP contribution in [0.25, 0.3) is 0 Å². The SMILES string of the molecule is CCCC[C@H](NC(C)(C)C)[C@@H](CCCC)NC(C)(C)C. The lowest BCUT2D eigenvalue weighted by atomic mass is 9.92. The van der Waals surface area contributed by atoms with Gasteiger partial charge in [0.05, 0.1) is 0 Å². The smallest absolute Gasteiger partial charge is 0.0226 e. The van der Waals surface area contributed by atoms with Crippen LogP contribution < -0.4 is 10.6 Å². The Balaban J connectivity index is 4.85. The van der Waals surface area contributed by atoms with Crippen molar-refractivity contribution in [1.82, 2.24) is 10.6 Å². The zero-order valence-electron chi connectivity index (χ0n) is 15.4. The zero-order chi connectivity index (χ0) is 15.8. The monoisotopic (exact) mass is 284 g/mol. The normalized spacial score (nSPS) is 16.2. The molecule has 0 aliphatic heterocycles. The highest BCUT2D eigenvalue weighted by Gasteiger charge is 2.27. The number of unbranched alkanes of at least 4 members (excludes halogenated alkanes) is 2. The minimum Gasteiger partial charge on any atom is -0.308 e. The fraction of sp³-hybridized carbons (Fsp3) is 1.00. The van der Waals surface area contributed by atoms with Crippen LogP contribution in [-0.4, -0.2) is 23.2 Å². The van der Waals surface area contributed by atoms with Gasteiger partial charge in [0.25, 0.3) is 0 Å². The molecule has 0 spiro atoms. The molecule has 0 radical (unpaired) electrons. The van der Waals surface area contributed by atoms with Crippen molar-refractivity contribution in [2.24, 2.45) is 0 Å². The second-order valence-electron chi connectivity index (χ2n) is 8.29. The van der Waals surface area contributed by atoms with Gasteiger partial charge in [-0.15, -0.1) is 0 Å². The van der Waals surface area contributed by atoms with E-state index in [4.69, 9.17) is 0 Å². The molecule has 20 heavy (non-hydrogen) atoms. The van der Waals surface area contributed by atoms with Crippen LogP contribution in [-0.2, 0) is 0 Å². The molecule has 0 fully saturated rings. The molecule has 0 aromatic heterocycles. The molecule has 0 rings (SSSR count). The number of hydrogen-bond donors (Lipinski definition) is 2. The van der Waals surface area contributed by atoms with Gasteiger partial charge in [-0.2, -0.15) is 0 Å². The van der Waals surface area contributed by atoms with Gasteiger partial charge in [0.1, 0.15) is 0 Å². The van der Waals surface area contributed by atoms with Crippen LogP contribution in [0.2, 0.25) is 0 Å². The van der Waals surface area contributed by atoms with Crippen molar-refractivity contribution >= 4 is 0 Å². The van der Waals surface area contributed by atoms with Crippen LogP contribution in [0.3, 0.4) is 0 Å². The lowest BCUT2D eigenvalue weighted by molar-refractivity contribution is 0.231. The first-order chi connectivity index (χ1) is 9.09. The van der Waals surface area contributed by atoms with E-state index in [-0.39, 0.29) is 11.1 Å². The molecule has 0 amide bonds. The Hall–Kier alpha value is -0.0800. The lowest BCUT2D eigenvalue weighted by Crippen LogP contribution is -2.57. The molecule has 2 heteroatoms. The second-order valence-corrected chi connectivity index (χ2v) is 8.29. The van der Waals surface area contributed by atoms with E-state index in [9.17, 15) is 0 Å². The highest BCUT2D eigenvalue weighted by Crippen LogP contribution is 2.17. The van der Waals surface area contributed by atoms with Crippen molar-refractivity contribution in [3.05, 3.63) is 0 Å². The minimum atomic E-state index is 0.183. The van der Waals surface area contributed by atoms with E-state index in [1.54, 1.807) is 0 Å². The summed E-state index contributed by atoms with van der Waals surface area (Å²) in [6.07, 6.45) is 7.71. The van der Waals surface area contributed by atoms with E-state index in [0.29, 0.717) is 12.1 Å². The molecule has 0 unspecified atom stereocenters. The van der Waals surface area contributed by atoms with Crippen molar-refractivity contribution in [3.8, 4) is 0 Å². The van der Waals surface area contributed by atoms with E-state index in [1.165, 1.54) is 38.5 Å². The van der Waals surface area contributed by atoms with Crippen LogP contribution in [0, 0.1) is 0 Å². The maximum absolute atomic E-state index is 3.86. The Kier molecular flexibility index (Phi) is 9.01. The molecule has 2 nitrogen and oxygen atoms in total. The van der Waals surface area contributed by atoms with Gasteiger partial charge in [-0.25, -0.2) is 0 Å². The van der Waals surface area contributed by atoms with Gasteiger partial charge in [-0.3, -0.25) is 0 Å². The molecule has 2 atom stereocenters. The predicted molar refractivity (Wildman–Crippen MR) is 92.4 cm³/mol. The van der Waals surface area contributed by atoms with Gasteiger partial charge in [0, 0.05) is 23.2 Å². The molecule has 0 aliphatic rings. The fourth-order valence-corrected chi connectivity index (χ4v) is 2.71. The Bertz CT molecular complexity index is 209. The van der Waals surface area contributed by atoms with Gasteiger partial charge >= 0.3 is 0 Å². The highest BCUT2D eigenvalue weighted by atomic mass is 15.1. The molecular weight excluding hydrogens is 244 g/mol. The van der Waals surface area contributed by atoms with Crippen molar-refractivity contribution in [2.45, 2.75) is 117 Å². The van der Waals surface area contributed by atoms with Gasteiger partial charge in [0.15, 0.2) is 0 Å². The standard InChI is InChI=1S/C18H40N2/c1-9-11-13-15(19-17(3,4)5)16(14-12-10-2)20-18(6,7)8/h15-16,19-20H,9-14H2,1-8H3/t15-,16+. The molecule has 122 valence electrons. The molecule has 0 heterocycles. The third-order valence-corrected chi connectivity index (χ3v) is 3.46. The molecule has 0 aromatic rings. The maximum atomic E-state index is 3.86. The summed E-state index contributed by atoms with van der Waals surface area (Å²) < 4.78 is 0. The van der Waals surface area contributed by atoms with Crippen LogP contribution in [0.5, 0.6) is 0 Å². The molecule has 0 saturated carbocycles. The summed E-state index contributed by atoms with van der Waals surface area (Å²) in [5, 5.41) is 7.72. The molecule has 0 saturated heterocycles. The first-order valence-corrected chi connectivity index (χ1v) is 8.64. The summed E-state index contributed by atoms with van der Waals surface area (Å²) in [6, 6.07) is 1.14. The molecule has 0 aliphatic carbocycles. The van der Waals surface area contributed by atoms with Crippen LogP contribution in [0.1, 0.15) is 93.9 Å². The Morgan fingerprint density at radius 1 is 0.650 bits per heavy atom. The third-order valence-electron chi connectivity index (χ3n) is 3.46. The Morgan fingerprint density at radius 3 is 1.15 bits per heavy atom. The van der Waals surface area contributed by atoms with Gasteiger partial charge < -0.3 is 10.6 Å². The first-order valence-electron chi connectivity index (χ1n) is 8.64. The summed E-state index contributed by atoms with van der Waals surface area (Å²) in [7, 11) is 0. The number of rotatable bonds is 9. The summed E-state index contributed by atoms with van der Waals surface area (Å²) in [5.74, 6) is 0. The summed E-state index contributed by atoms with van der Waals surface area (Å²) in [6.45, 7) is 18.2. The second kappa shape index (κ2) is 9.04. The molecule has 0 bridgehead atoms. The largest absolute Gasteiger partial charge is 0.308 e. The average Bonchev–Trinajstić information content (AvgIpc) is 2.27. The first kappa shape index (κ1) is 19.9. The van der Waals surface area contributed by atoms with E-state index in [2.05, 4.69) is 66.0 Å². The quantitative estimate of drug-likeness (QED) is 0.630. The van der Waals surface area contributed by atoms with E-state index < -0.39 is 0 Å². The Labute approximate surface area is 128 Å². The van der Waals surface area contributed by atoms with E-state index in [0.717, 1.165) is 0 Å². The summed E-state index contributed by atoms with van der Waals surface area (Å²) >= 11 is 0. The van der Waals surface area contributed by atoms with Gasteiger partial charge in [0.2, 0.25) is 0 Å². The third kappa shape index (κ3) is 10.7. The van der Waals surface area contributed by atoms with Crippen LogP contribution >= 0.6 is 0 Å². The van der Waals surface area contributed by atoms with E-state index >= 15 is 0 Å². The molecular formula is C18H40N2. The van der Waals surface area contributed by atoms with E-state index in [1.807, 2.05) is 0 Å². The summed E-state index contributed by atoms with van der Waals surface area (Å²) in [5.41, 5.74) is 0.366. The van der Waals surface area contributed by atoms with Crippen LogP contribution in [0.15, 0.2) is 0 Å². The Morgan fingerprint density at radius 2 is 0.950 bits per heavy atom. The average molecular weight is 285 g/mol. The fourth-order valence-electron chi connectivity index (χ4n) is 2.71.